The summed E-state index contributed by atoms with van der Waals surface area (Å²) in [5, 5.41) is 9.25. The van der Waals surface area contributed by atoms with Gasteiger partial charge in [-0.15, -0.1) is 5.10 Å². The first-order valence-corrected chi connectivity index (χ1v) is 13.5. The average Bonchev–Trinajstić information content (AvgIpc) is 3.24. The molecule has 2 aromatic carbocycles. The van der Waals surface area contributed by atoms with Crippen LogP contribution in [0, 0.1) is 0 Å². The van der Waals surface area contributed by atoms with Crippen LogP contribution < -0.4 is 10.1 Å². The summed E-state index contributed by atoms with van der Waals surface area (Å²) >= 11 is 11.5. The van der Waals surface area contributed by atoms with Crippen molar-refractivity contribution in [3.63, 3.8) is 0 Å². The molecule has 0 amide bonds. The number of benzene rings is 2. The van der Waals surface area contributed by atoms with Crippen LogP contribution in [-0.4, -0.2) is 33.1 Å². The molecular weight excluding hydrogens is 552 g/mol. The van der Waals surface area contributed by atoms with Crippen LogP contribution in [0.15, 0.2) is 63.4 Å². The third kappa shape index (κ3) is 5.68. The van der Waals surface area contributed by atoms with E-state index in [0.717, 1.165) is 27.8 Å². The molecule has 0 saturated carbocycles. The number of aromatic nitrogens is 3. The van der Waals surface area contributed by atoms with Gasteiger partial charge in [-0.1, -0.05) is 64.4 Å². The quantitative estimate of drug-likeness (QED) is 0.226. The minimum absolute atomic E-state index is 0.262. The van der Waals surface area contributed by atoms with Crippen molar-refractivity contribution in [3.05, 3.63) is 74.4 Å². The Balaban J connectivity index is 1.80. The van der Waals surface area contributed by atoms with Crippen molar-refractivity contribution in [2.45, 2.75) is 45.0 Å². The predicted octanol–water partition coefficient (Wildman–Crippen LogP) is 6.63. The maximum absolute atomic E-state index is 13.1. The summed E-state index contributed by atoms with van der Waals surface area (Å²) in [6, 6.07) is 12.7. The van der Waals surface area contributed by atoms with Crippen LogP contribution >= 0.6 is 39.3 Å². The van der Waals surface area contributed by atoms with E-state index >= 15 is 0 Å². The number of carbonyl (C=O) groups excluding carboxylic acids is 1. The second-order valence-corrected chi connectivity index (χ2v) is 10.2. The third-order valence-electron chi connectivity index (χ3n) is 5.37. The lowest BCUT2D eigenvalue weighted by molar-refractivity contribution is -0.139. The molecule has 1 aromatic heterocycles. The van der Waals surface area contributed by atoms with Crippen LogP contribution in [0.2, 0.25) is 5.02 Å². The van der Waals surface area contributed by atoms with E-state index < -0.39 is 12.0 Å². The smallest absolute Gasteiger partial charge is 0.338 e. The summed E-state index contributed by atoms with van der Waals surface area (Å²) in [6.45, 7) is 6.28. The van der Waals surface area contributed by atoms with Crippen LogP contribution in [0.3, 0.4) is 0 Å². The fraction of sp³-hybridized carbons (Fsp3) is 0.320. The molecule has 0 fully saturated rings. The second-order valence-electron chi connectivity index (χ2n) is 7.86. The highest BCUT2D eigenvalue weighted by Crippen LogP contribution is 2.41. The highest BCUT2D eigenvalue weighted by Gasteiger charge is 2.37. The number of hydrogen-bond donors (Lipinski definition) is 1. The van der Waals surface area contributed by atoms with Crippen molar-refractivity contribution in [2.24, 2.45) is 0 Å². The Morgan fingerprint density at radius 1 is 1.26 bits per heavy atom. The van der Waals surface area contributed by atoms with Gasteiger partial charge >= 0.3 is 5.97 Å². The summed E-state index contributed by atoms with van der Waals surface area (Å²) in [7, 11) is 0. The van der Waals surface area contributed by atoms with E-state index in [-0.39, 0.29) is 13.2 Å². The number of thioether (sulfide) groups is 1. The molecule has 10 heteroatoms. The number of ether oxygens (including phenoxy) is 2. The predicted molar refractivity (Wildman–Crippen MR) is 142 cm³/mol. The van der Waals surface area contributed by atoms with Crippen molar-refractivity contribution in [2.75, 3.05) is 17.7 Å². The Labute approximate surface area is 222 Å². The number of halogens is 2. The van der Waals surface area contributed by atoms with Gasteiger partial charge in [0.2, 0.25) is 11.1 Å². The molecule has 0 aliphatic carbocycles. The molecule has 184 valence electrons. The fourth-order valence-corrected chi connectivity index (χ4v) is 5.03. The van der Waals surface area contributed by atoms with Crippen molar-refractivity contribution < 1.29 is 14.3 Å². The first-order chi connectivity index (χ1) is 16.9. The van der Waals surface area contributed by atoms with Gasteiger partial charge in [-0.3, -0.25) is 0 Å². The van der Waals surface area contributed by atoms with Gasteiger partial charge in [-0.2, -0.15) is 4.98 Å². The molecule has 7 nitrogen and oxygen atoms in total. The lowest BCUT2D eigenvalue weighted by Crippen LogP contribution is -2.30. The molecular formula is C25H26BrClN4O3S. The number of fused-ring (bicyclic) bond motifs is 1. The van der Waals surface area contributed by atoms with Crippen LogP contribution in [0.5, 0.6) is 5.75 Å². The number of rotatable bonds is 9. The van der Waals surface area contributed by atoms with Crippen LogP contribution in [-0.2, 0) is 16.1 Å². The second kappa shape index (κ2) is 11.5. The molecule has 1 aliphatic rings. The summed E-state index contributed by atoms with van der Waals surface area (Å²) < 4.78 is 14.3. The normalized spacial score (nSPS) is 14.9. The van der Waals surface area contributed by atoms with Gasteiger partial charge in [-0.25, -0.2) is 9.48 Å². The SMILES string of the molecule is CCCSc1nc2n(n1)C(c1cc(Br)ccc1OCc1ccccc1Cl)C(C(=O)OCC)=C(C)N2. The summed E-state index contributed by atoms with van der Waals surface area (Å²) in [4.78, 5) is 17.8. The van der Waals surface area contributed by atoms with Gasteiger partial charge < -0.3 is 14.8 Å². The first-order valence-electron chi connectivity index (χ1n) is 11.3. The fourth-order valence-electron chi connectivity index (χ4n) is 3.78. The molecule has 0 radical (unpaired) electrons. The van der Waals surface area contributed by atoms with E-state index in [1.165, 1.54) is 0 Å². The summed E-state index contributed by atoms with van der Waals surface area (Å²) in [5.74, 6) is 1.66. The Morgan fingerprint density at radius 3 is 2.80 bits per heavy atom. The van der Waals surface area contributed by atoms with Crippen molar-refractivity contribution in [3.8, 4) is 5.75 Å². The number of nitrogens with one attached hydrogen (secondary N) is 1. The van der Waals surface area contributed by atoms with Crippen LogP contribution in [0.25, 0.3) is 0 Å². The molecule has 0 saturated heterocycles. The number of carbonyl (C=O) groups is 1. The molecule has 1 unspecified atom stereocenters. The van der Waals surface area contributed by atoms with Crippen molar-refractivity contribution >= 4 is 51.2 Å². The molecule has 1 atom stereocenters. The molecule has 1 aliphatic heterocycles. The zero-order valence-electron chi connectivity index (χ0n) is 19.7. The molecule has 0 bridgehead atoms. The van der Waals surface area contributed by atoms with E-state index in [9.17, 15) is 4.79 Å². The number of allylic oxidation sites excluding steroid dienone is 1. The monoisotopic (exact) mass is 576 g/mol. The van der Waals surface area contributed by atoms with Gasteiger partial charge in [0, 0.05) is 32.1 Å². The zero-order valence-corrected chi connectivity index (χ0v) is 22.8. The summed E-state index contributed by atoms with van der Waals surface area (Å²) in [6.07, 6.45) is 1.00. The zero-order chi connectivity index (χ0) is 24.9. The Bertz CT molecular complexity index is 1260. The van der Waals surface area contributed by atoms with E-state index in [0.29, 0.717) is 33.1 Å². The molecule has 0 spiro atoms. The number of nitrogens with zero attached hydrogens (tertiary/aromatic N) is 3. The number of anilines is 1. The highest BCUT2D eigenvalue weighted by atomic mass is 79.9. The highest BCUT2D eigenvalue weighted by molar-refractivity contribution is 9.10. The Morgan fingerprint density at radius 2 is 2.06 bits per heavy atom. The maximum atomic E-state index is 13.1. The van der Waals surface area contributed by atoms with Gasteiger partial charge in [-0.05, 0) is 44.5 Å². The largest absolute Gasteiger partial charge is 0.488 e. The molecule has 3 aromatic rings. The number of hydrogen-bond acceptors (Lipinski definition) is 7. The Kier molecular flexibility index (Phi) is 8.41. The first kappa shape index (κ1) is 25.6. The third-order valence-corrected chi connectivity index (χ3v) is 7.28. The van der Waals surface area contributed by atoms with E-state index in [2.05, 4.69) is 33.2 Å². The molecule has 4 rings (SSSR count). The van der Waals surface area contributed by atoms with Gasteiger partial charge in [0.05, 0.1) is 12.2 Å². The average molecular weight is 578 g/mol. The minimum Gasteiger partial charge on any atom is -0.488 e. The molecule has 35 heavy (non-hydrogen) atoms. The van der Waals surface area contributed by atoms with E-state index in [4.69, 9.17) is 26.2 Å². The topological polar surface area (TPSA) is 78.3 Å². The van der Waals surface area contributed by atoms with Gasteiger partial charge in [0.25, 0.3) is 0 Å². The van der Waals surface area contributed by atoms with Gasteiger partial charge in [0.1, 0.15) is 18.4 Å². The standard InChI is InChI=1S/C25H26BrClN4O3S/c1-4-12-35-25-29-24-28-15(3)21(23(32)33-5-2)22(31(24)30-25)18-13-17(26)10-11-20(18)34-14-16-8-6-7-9-19(16)27/h6-11,13,22H,4-5,12,14H2,1-3H3,(H,28,29,30). The molecule has 2 heterocycles. The van der Waals surface area contributed by atoms with Crippen LogP contribution in [0.4, 0.5) is 5.95 Å². The Hall–Kier alpha value is -2.49. The van der Waals surface area contributed by atoms with E-state index in [1.807, 2.05) is 49.4 Å². The maximum Gasteiger partial charge on any atom is 0.338 e. The lowest BCUT2D eigenvalue weighted by Gasteiger charge is -2.29. The van der Waals surface area contributed by atoms with Crippen molar-refractivity contribution in [1.29, 1.82) is 0 Å². The van der Waals surface area contributed by atoms with Gasteiger partial charge in [0.15, 0.2) is 0 Å². The lowest BCUT2D eigenvalue weighted by atomic mass is 9.95. The van der Waals surface area contributed by atoms with E-state index in [1.54, 1.807) is 23.4 Å². The minimum atomic E-state index is -0.590. The summed E-state index contributed by atoms with van der Waals surface area (Å²) in [5.41, 5.74) is 2.74. The molecule has 1 N–H and O–H groups in total. The van der Waals surface area contributed by atoms with Crippen LogP contribution in [0.1, 0.15) is 44.4 Å². The number of esters is 1. The van der Waals surface area contributed by atoms with Crippen molar-refractivity contribution in [1.82, 2.24) is 14.8 Å².